The van der Waals surface area contributed by atoms with E-state index in [2.05, 4.69) is 47.5 Å². The maximum atomic E-state index is 14.1. The van der Waals surface area contributed by atoms with E-state index < -0.39 is 158 Å². The van der Waals surface area contributed by atoms with E-state index in [-0.39, 0.29) is 50.5 Å². The number of carbonyl (C=O) groups excluding carboxylic acids is 8. The van der Waals surface area contributed by atoms with Crippen LogP contribution in [0.1, 0.15) is 77.3 Å². The lowest BCUT2D eigenvalue weighted by atomic mass is 10.00. The van der Waals surface area contributed by atoms with Gasteiger partial charge in [-0.1, -0.05) is 88.4 Å². The minimum Gasteiger partial charge on any atom is -0.481 e. The number of aliphatic hydroxyl groups excluding tert-OH is 2. The molecule has 0 aliphatic carbocycles. The number of aliphatic imine (C=N–C) groups is 1. The van der Waals surface area contributed by atoms with E-state index in [1.807, 2.05) is 0 Å². The Morgan fingerprint density at radius 2 is 0.923 bits per heavy atom. The lowest BCUT2D eigenvalue weighted by Gasteiger charge is -2.29. The molecule has 2 aromatic rings. The van der Waals surface area contributed by atoms with Gasteiger partial charge in [0.25, 0.3) is 0 Å². The number of rotatable bonds is 35. The van der Waals surface area contributed by atoms with Crippen LogP contribution in [-0.2, 0) is 65.6 Å². The number of nitrogens with one attached hydrogen (secondary N) is 8. The SMILES string of the molecule is CC(C)C[C@H](NC(=O)[C@H](CC(=O)O)NC(=O)[C@H](CCC(=O)O)NC(=O)[C@@H](N)Cc1ccccc1)C(=O)N[C@@H](CCCN=C(N)N)C(=O)N[C@H](C(=O)N[C@@H](CO)C(=O)N[C@@H](CO)C(=O)N[C@@H](Cc1ccccc1)C(=O)O)C(C)C. The highest BCUT2D eigenvalue weighted by Crippen LogP contribution is 2.12. The van der Waals surface area contributed by atoms with Gasteiger partial charge in [0, 0.05) is 19.4 Å². The fourth-order valence-electron chi connectivity index (χ4n) is 7.49. The van der Waals surface area contributed by atoms with Crippen molar-refractivity contribution in [3.8, 4) is 0 Å². The number of guanidine groups is 1. The molecule has 0 unspecified atom stereocenters. The molecule has 28 heteroatoms. The van der Waals surface area contributed by atoms with Gasteiger partial charge in [-0.25, -0.2) is 4.79 Å². The summed E-state index contributed by atoms with van der Waals surface area (Å²) in [5.41, 5.74) is 18.2. The maximum Gasteiger partial charge on any atom is 0.326 e. The van der Waals surface area contributed by atoms with Crippen LogP contribution in [0, 0.1) is 11.8 Å². The summed E-state index contributed by atoms with van der Waals surface area (Å²) in [5, 5.41) is 67.7. The smallest absolute Gasteiger partial charge is 0.326 e. The van der Waals surface area contributed by atoms with Gasteiger partial charge in [-0.05, 0) is 55.1 Å². The average molecular weight is 1100 g/mol. The molecule has 0 aromatic heterocycles. The molecule has 2 aromatic carbocycles. The Hall–Kier alpha value is -8.24. The summed E-state index contributed by atoms with van der Waals surface area (Å²) in [7, 11) is 0. The first-order valence-electron chi connectivity index (χ1n) is 25.0. The molecule has 28 nitrogen and oxygen atoms in total. The highest BCUT2D eigenvalue weighted by atomic mass is 16.4. The van der Waals surface area contributed by atoms with Gasteiger partial charge in [-0.2, -0.15) is 0 Å². The summed E-state index contributed by atoms with van der Waals surface area (Å²) in [4.78, 5) is 148. The van der Waals surface area contributed by atoms with Crippen LogP contribution in [0.3, 0.4) is 0 Å². The topological polar surface area (TPSA) is 476 Å². The van der Waals surface area contributed by atoms with E-state index in [0.29, 0.717) is 11.1 Å². The van der Waals surface area contributed by atoms with Crippen molar-refractivity contribution in [2.45, 2.75) is 133 Å². The summed E-state index contributed by atoms with van der Waals surface area (Å²) in [5.74, 6) is -14.2. The third kappa shape index (κ3) is 24.2. The molecule has 0 saturated carbocycles. The number of hydrogen-bond acceptors (Lipinski definition) is 15. The molecular weight excluding hydrogens is 1020 g/mol. The molecule has 19 N–H and O–H groups in total. The Labute approximate surface area is 449 Å². The molecule has 0 spiro atoms. The lowest BCUT2D eigenvalue weighted by Crippen LogP contribution is -2.62. The van der Waals surface area contributed by atoms with Crippen LogP contribution < -0.4 is 59.7 Å². The zero-order valence-corrected chi connectivity index (χ0v) is 43.8. The number of nitrogens with two attached hydrogens (primary N) is 3. The van der Waals surface area contributed by atoms with Crippen LogP contribution in [0.25, 0.3) is 0 Å². The monoisotopic (exact) mass is 1100 g/mol. The van der Waals surface area contributed by atoms with Crippen molar-refractivity contribution < 1.29 is 78.3 Å². The minimum atomic E-state index is -1.91. The van der Waals surface area contributed by atoms with Gasteiger partial charge in [0.2, 0.25) is 47.3 Å². The van der Waals surface area contributed by atoms with Crippen LogP contribution >= 0.6 is 0 Å². The molecular formula is C50H74N12O16. The molecule has 9 atom stereocenters. The number of amides is 8. The predicted octanol–water partition coefficient (Wildman–Crippen LogP) is -4.16. The van der Waals surface area contributed by atoms with Crippen LogP contribution in [0.5, 0.6) is 0 Å². The van der Waals surface area contributed by atoms with Crippen LogP contribution in [0.2, 0.25) is 0 Å². The second-order valence-corrected chi connectivity index (χ2v) is 19.0. The zero-order chi connectivity index (χ0) is 58.6. The molecule has 0 saturated heterocycles. The summed E-state index contributed by atoms with van der Waals surface area (Å²) >= 11 is 0. The second-order valence-electron chi connectivity index (χ2n) is 19.0. The van der Waals surface area contributed by atoms with E-state index in [1.165, 1.54) is 13.8 Å². The molecule has 8 amide bonds. The number of nitrogens with zero attached hydrogens (tertiary/aromatic N) is 1. The first-order chi connectivity index (χ1) is 36.8. The number of benzene rings is 2. The number of aliphatic hydroxyl groups is 2. The molecule has 2 rings (SSSR count). The van der Waals surface area contributed by atoms with Crippen molar-refractivity contribution in [3.05, 3.63) is 71.8 Å². The Morgan fingerprint density at radius 1 is 0.500 bits per heavy atom. The van der Waals surface area contributed by atoms with Gasteiger partial charge >= 0.3 is 17.9 Å². The summed E-state index contributed by atoms with van der Waals surface area (Å²) in [6.07, 6.45) is -2.56. The molecule has 0 fully saturated rings. The lowest BCUT2D eigenvalue weighted by molar-refractivity contribution is -0.143. The highest BCUT2D eigenvalue weighted by molar-refractivity contribution is 5.99. The van der Waals surface area contributed by atoms with E-state index in [0.717, 1.165) is 0 Å². The Kier molecular flexibility index (Phi) is 28.5. The van der Waals surface area contributed by atoms with Gasteiger partial charge in [-0.3, -0.25) is 52.9 Å². The Bertz CT molecular complexity index is 2390. The van der Waals surface area contributed by atoms with Crippen LogP contribution in [0.15, 0.2) is 65.7 Å². The summed E-state index contributed by atoms with van der Waals surface area (Å²) < 4.78 is 0. The van der Waals surface area contributed by atoms with Crippen LogP contribution in [0.4, 0.5) is 0 Å². The maximum absolute atomic E-state index is 14.1. The standard InChI is InChI=1S/C50H74N12O16/c1-26(2)20-33(57-45(73)34(23-39(67)68)58-42(70)32(17-18-38(65)66)55-41(69)30(51)21-28-12-7-5-8-13-28)44(72)56-31(16-11-19-54-50(52)53)43(71)62-40(27(3)4)48(76)61-37(25-64)47(75)60-36(24-63)46(74)59-35(49(77)78)22-29-14-9-6-10-15-29/h5-10,12-15,26-27,30-37,40,63-64H,11,16-25,51H2,1-4H3,(H,55,69)(H,56,72)(H,57,73)(H,58,70)(H,59,74)(H,60,75)(H,61,76)(H,62,71)(H,65,66)(H,67,68)(H,77,78)(H4,52,53,54)/t30-,31-,32-,33-,34-,35-,36-,37-,40-/m0/s1. The van der Waals surface area contributed by atoms with Crippen molar-refractivity contribution in [3.63, 3.8) is 0 Å². The first kappa shape index (κ1) is 65.9. The molecule has 0 aliphatic rings. The van der Waals surface area contributed by atoms with Gasteiger partial charge in [0.15, 0.2) is 5.96 Å². The largest absolute Gasteiger partial charge is 0.481 e. The summed E-state index contributed by atoms with van der Waals surface area (Å²) in [6.45, 7) is 4.24. The number of carboxylic acids is 3. The van der Waals surface area contributed by atoms with Crippen LogP contribution in [-0.4, -0.2) is 171 Å². The van der Waals surface area contributed by atoms with Crippen molar-refractivity contribution in [2.24, 2.45) is 34.0 Å². The number of carbonyl (C=O) groups is 11. The first-order valence-corrected chi connectivity index (χ1v) is 25.0. The van der Waals surface area contributed by atoms with E-state index in [9.17, 15) is 78.3 Å². The minimum absolute atomic E-state index is 0.0369. The molecule has 78 heavy (non-hydrogen) atoms. The van der Waals surface area contributed by atoms with Crippen molar-refractivity contribution in [1.82, 2.24) is 42.5 Å². The third-order valence-electron chi connectivity index (χ3n) is 11.6. The van der Waals surface area contributed by atoms with Crippen molar-refractivity contribution in [2.75, 3.05) is 19.8 Å². The molecule has 430 valence electrons. The molecule has 0 radical (unpaired) electrons. The third-order valence-corrected chi connectivity index (χ3v) is 11.6. The average Bonchev–Trinajstić information content (AvgIpc) is 3.37. The quantitative estimate of drug-likeness (QED) is 0.0177. The normalized spacial score (nSPS) is 14.5. The molecule has 0 bridgehead atoms. The van der Waals surface area contributed by atoms with E-state index in [1.54, 1.807) is 74.5 Å². The molecule has 0 aliphatic heterocycles. The van der Waals surface area contributed by atoms with E-state index >= 15 is 0 Å². The fraction of sp³-hybridized carbons (Fsp3) is 0.520. The van der Waals surface area contributed by atoms with Gasteiger partial charge < -0.3 is 85.3 Å². The van der Waals surface area contributed by atoms with Gasteiger partial charge in [0.1, 0.15) is 48.3 Å². The highest BCUT2D eigenvalue weighted by Gasteiger charge is 2.36. The number of aliphatic carboxylic acids is 3. The van der Waals surface area contributed by atoms with Crippen molar-refractivity contribution >= 4 is 71.1 Å². The second kappa shape index (κ2) is 33.7. The summed E-state index contributed by atoms with van der Waals surface area (Å²) in [6, 6.07) is 2.64. The van der Waals surface area contributed by atoms with Crippen molar-refractivity contribution in [1.29, 1.82) is 0 Å². The zero-order valence-electron chi connectivity index (χ0n) is 43.8. The Balaban J connectivity index is 2.33. The number of hydrogen-bond donors (Lipinski definition) is 16. The fourth-order valence-corrected chi connectivity index (χ4v) is 7.49. The van der Waals surface area contributed by atoms with Gasteiger partial charge in [-0.15, -0.1) is 0 Å². The number of carboxylic acid groups (broad SMARTS) is 3. The molecule has 0 heterocycles. The van der Waals surface area contributed by atoms with E-state index in [4.69, 9.17) is 17.2 Å². The predicted molar refractivity (Wildman–Crippen MR) is 279 cm³/mol. The van der Waals surface area contributed by atoms with Gasteiger partial charge in [0.05, 0.1) is 25.7 Å². The Morgan fingerprint density at radius 3 is 1.41 bits per heavy atom.